The molecule has 1 aromatic carbocycles. The summed E-state index contributed by atoms with van der Waals surface area (Å²) in [7, 11) is -1.99. The highest BCUT2D eigenvalue weighted by atomic mass is 32.2. The first-order valence-electron chi connectivity index (χ1n) is 8.03. The number of rotatable bonds is 4. The Bertz CT molecular complexity index is 954. The van der Waals surface area contributed by atoms with E-state index in [4.69, 9.17) is 4.74 Å². The van der Waals surface area contributed by atoms with Gasteiger partial charge in [0, 0.05) is 13.1 Å². The molecule has 1 amide bonds. The molecule has 1 unspecified atom stereocenters. The number of hydrogen-bond acceptors (Lipinski definition) is 7. The highest BCUT2D eigenvalue weighted by Gasteiger charge is 2.30. The van der Waals surface area contributed by atoms with Crippen LogP contribution in [0.3, 0.4) is 0 Å². The van der Waals surface area contributed by atoms with Gasteiger partial charge in [-0.15, -0.1) is 0 Å². The standard InChI is InChI=1S/C16H19N3O5S2/c1-24-15(21)10-5-6-12-13(8-10)25-16(17-12)18-14(20)11-4-3-7-19(9-11)26(2,22)23/h5-6,8,11H,3-4,7,9H2,1-2H3,(H,17,18,20). The highest BCUT2D eigenvalue weighted by Crippen LogP contribution is 2.28. The van der Waals surface area contributed by atoms with Crippen molar-refractivity contribution in [2.75, 3.05) is 31.8 Å². The molecule has 26 heavy (non-hydrogen) atoms. The quantitative estimate of drug-likeness (QED) is 0.787. The van der Waals surface area contributed by atoms with Gasteiger partial charge < -0.3 is 10.1 Å². The fraction of sp³-hybridized carbons (Fsp3) is 0.438. The summed E-state index contributed by atoms with van der Waals surface area (Å²) < 4.78 is 30.2. The fourth-order valence-electron chi connectivity index (χ4n) is 2.89. The Morgan fingerprint density at radius 1 is 1.38 bits per heavy atom. The number of aromatic nitrogens is 1. The lowest BCUT2D eigenvalue weighted by molar-refractivity contribution is -0.120. The number of nitrogens with one attached hydrogen (secondary N) is 1. The third-order valence-electron chi connectivity index (χ3n) is 4.26. The number of nitrogens with zero attached hydrogens (tertiary/aromatic N) is 2. The van der Waals surface area contributed by atoms with Gasteiger partial charge in [-0.05, 0) is 31.0 Å². The van der Waals surface area contributed by atoms with E-state index >= 15 is 0 Å². The van der Waals surface area contributed by atoms with Crippen LogP contribution in [0, 0.1) is 5.92 Å². The number of amides is 1. The Labute approximate surface area is 155 Å². The summed E-state index contributed by atoms with van der Waals surface area (Å²) in [6, 6.07) is 4.98. The molecule has 2 aromatic rings. The van der Waals surface area contributed by atoms with Crippen LogP contribution in [0.1, 0.15) is 23.2 Å². The van der Waals surface area contributed by atoms with E-state index in [1.165, 1.54) is 22.8 Å². The van der Waals surface area contributed by atoms with Crippen molar-refractivity contribution in [2.24, 2.45) is 5.92 Å². The van der Waals surface area contributed by atoms with Gasteiger partial charge in [-0.25, -0.2) is 22.5 Å². The van der Waals surface area contributed by atoms with Gasteiger partial charge in [0.25, 0.3) is 0 Å². The number of sulfonamides is 1. The third kappa shape index (κ3) is 4.02. The van der Waals surface area contributed by atoms with Crippen LogP contribution in [0.4, 0.5) is 5.13 Å². The maximum absolute atomic E-state index is 12.5. The van der Waals surface area contributed by atoms with Crippen LogP contribution in [0.2, 0.25) is 0 Å². The zero-order chi connectivity index (χ0) is 18.9. The number of anilines is 1. The molecule has 1 fully saturated rings. The van der Waals surface area contributed by atoms with Gasteiger partial charge in [0.1, 0.15) is 0 Å². The lowest BCUT2D eigenvalue weighted by Gasteiger charge is -2.29. The van der Waals surface area contributed by atoms with E-state index in [0.717, 1.165) is 11.0 Å². The molecule has 0 saturated carbocycles. The number of methoxy groups -OCH3 is 1. The minimum Gasteiger partial charge on any atom is -0.465 e. The Kier molecular flexibility index (Phi) is 5.26. The van der Waals surface area contributed by atoms with Gasteiger partial charge in [0.15, 0.2) is 5.13 Å². The van der Waals surface area contributed by atoms with Crippen molar-refractivity contribution in [2.45, 2.75) is 12.8 Å². The summed E-state index contributed by atoms with van der Waals surface area (Å²) in [5, 5.41) is 3.19. The molecule has 1 aromatic heterocycles. The smallest absolute Gasteiger partial charge is 0.337 e. The zero-order valence-electron chi connectivity index (χ0n) is 14.4. The normalized spacial score (nSPS) is 18.6. The van der Waals surface area contributed by atoms with Crippen molar-refractivity contribution < 1.29 is 22.7 Å². The second-order valence-electron chi connectivity index (χ2n) is 6.14. The van der Waals surface area contributed by atoms with E-state index < -0.39 is 21.9 Å². The second-order valence-corrected chi connectivity index (χ2v) is 9.16. The lowest BCUT2D eigenvalue weighted by Crippen LogP contribution is -2.43. The average Bonchev–Trinajstić information content (AvgIpc) is 3.01. The Hall–Kier alpha value is -2.04. The number of carbonyl (C=O) groups is 2. The summed E-state index contributed by atoms with van der Waals surface area (Å²) in [5.41, 5.74) is 1.08. The van der Waals surface area contributed by atoms with Crippen LogP contribution in [0.5, 0.6) is 0 Å². The van der Waals surface area contributed by atoms with E-state index in [9.17, 15) is 18.0 Å². The topological polar surface area (TPSA) is 106 Å². The van der Waals surface area contributed by atoms with E-state index in [-0.39, 0.29) is 12.5 Å². The first-order valence-corrected chi connectivity index (χ1v) is 10.7. The molecular weight excluding hydrogens is 378 g/mol. The van der Waals surface area contributed by atoms with Crippen LogP contribution in [-0.4, -0.2) is 56.0 Å². The van der Waals surface area contributed by atoms with E-state index in [0.29, 0.717) is 35.6 Å². The summed E-state index contributed by atoms with van der Waals surface area (Å²) in [5.74, 6) is -1.09. The molecule has 1 aliphatic heterocycles. The molecule has 1 aliphatic rings. The van der Waals surface area contributed by atoms with Crippen LogP contribution >= 0.6 is 11.3 Å². The van der Waals surface area contributed by atoms with E-state index in [1.54, 1.807) is 18.2 Å². The van der Waals surface area contributed by atoms with Crippen molar-refractivity contribution in [3.05, 3.63) is 23.8 Å². The molecule has 1 atom stereocenters. The summed E-state index contributed by atoms with van der Waals surface area (Å²) in [4.78, 5) is 28.4. The Balaban J connectivity index is 1.74. The molecule has 0 bridgehead atoms. The maximum atomic E-state index is 12.5. The van der Waals surface area contributed by atoms with Gasteiger partial charge in [-0.2, -0.15) is 0 Å². The third-order valence-corrected chi connectivity index (χ3v) is 6.47. The predicted octanol–water partition coefficient (Wildman–Crippen LogP) is 1.69. The predicted molar refractivity (Wildman–Crippen MR) is 98.7 cm³/mol. The molecule has 0 spiro atoms. The van der Waals surface area contributed by atoms with Gasteiger partial charge in [0.2, 0.25) is 15.9 Å². The lowest BCUT2D eigenvalue weighted by atomic mass is 9.99. The number of esters is 1. The second kappa shape index (κ2) is 7.29. The minimum absolute atomic E-state index is 0.183. The highest BCUT2D eigenvalue weighted by molar-refractivity contribution is 7.88. The van der Waals surface area contributed by atoms with E-state index in [2.05, 4.69) is 10.3 Å². The Morgan fingerprint density at radius 3 is 2.85 bits per heavy atom. The van der Waals surface area contributed by atoms with Gasteiger partial charge >= 0.3 is 5.97 Å². The van der Waals surface area contributed by atoms with Crippen LogP contribution < -0.4 is 5.32 Å². The first kappa shape index (κ1) is 18.7. The first-order chi connectivity index (χ1) is 12.3. The summed E-state index contributed by atoms with van der Waals surface area (Å²) in [6.07, 6.45) is 2.43. The number of fused-ring (bicyclic) bond motifs is 1. The van der Waals surface area contributed by atoms with E-state index in [1.807, 2.05) is 0 Å². The van der Waals surface area contributed by atoms with Crippen molar-refractivity contribution in [3.63, 3.8) is 0 Å². The van der Waals surface area contributed by atoms with Gasteiger partial charge in [-0.3, -0.25) is 4.79 Å². The van der Waals surface area contributed by atoms with Crippen LogP contribution in [0.25, 0.3) is 10.2 Å². The molecule has 0 radical (unpaired) electrons. The zero-order valence-corrected chi connectivity index (χ0v) is 16.0. The average molecular weight is 397 g/mol. The van der Waals surface area contributed by atoms with Crippen molar-refractivity contribution in [1.82, 2.24) is 9.29 Å². The number of carbonyl (C=O) groups excluding carboxylic acids is 2. The van der Waals surface area contributed by atoms with Gasteiger partial charge in [0.05, 0.1) is 35.1 Å². The molecular formula is C16H19N3O5S2. The van der Waals surface area contributed by atoms with Crippen molar-refractivity contribution >= 4 is 48.6 Å². The van der Waals surface area contributed by atoms with Crippen LogP contribution in [-0.2, 0) is 19.6 Å². The SMILES string of the molecule is COC(=O)c1ccc2nc(NC(=O)C3CCCN(S(C)(=O)=O)C3)sc2c1. The molecule has 3 rings (SSSR count). The van der Waals surface area contributed by atoms with Crippen LogP contribution in [0.15, 0.2) is 18.2 Å². The largest absolute Gasteiger partial charge is 0.465 e. The number of hydrogen-bond donors (Lipinski definition) is 1. The maximum Gasteiger partial charge on any atom is 0.337 e. The molecule has 10 heteroatoms. The van der Waals surface area contributed by atoms with Gasteiger partial charge in [-0.1, -0.05) is 11.3 Å². The molecule has 1 N–H and O–H groups in total. The Morgan fingerprint density at radius 2 is 2.15 bits per heavy atom. The van der Waals surface area contributed by atoms with Crippen molar-refractivity contribution in [1.29, 1.82) is 0 Å². The monoisotopic (exact) mass is 397 g/mol. The molecule has 1 saturated heterocycles. The molecule has 2 heterocycles. The summed E-state index contributed by atoms with van der Waals surface area (Å²) in [6.45, 7) is 0.627. The van der Waals surface area contributed by atoms with Crippen molar-refractivity contribution in [3.8, 4) is 0 Å². The number of thiazole rings is 1. The fourth-order valence-corrected chi connectivity index (χ4v) is 4.71. The molecule has 8 nitrogen and oxygen atoms in total. The summed E-state index contributed by atoms with van der Waals surface area (Å²) >= 11 is 1.26. The number of ether oxygens (including phenoxy) is 1. The number of benzene rings is 1. The number of piperidine rings is 1. The minimum atomic E-state index is -3.30. The molecule has 140 valence electrons. The molecule has 0 aliphatic carbocycles.